The summed E-state index contributed by atoms with van der Waals surface area (Å²) < 4.78 is 1.60. The lowest BCUT2D eigenvalue weighted by atomic mass is 10.1. The normalized spacial score (nSPS) is 10.7. The molecule has 116 valence electrons. The van der Waals surface area contributed by atoms with Gasteiger partial charge in [-0.3, -0.25) is 10.1 Å². The van der Waals surface area contributed by atoms with Gasteiger partial charge >= 0.3 is 0 Å². The number of aliphatic hydroxyl groups excluding tert-OH is 1. The number of benzene rings is 2. The van der Waals surface area contributed by atoms with Crippen LogP contribution in [0.15, 0.2) is 48.5 Å². The largest absolute Gasteiger partial charge is 0.392 e. The van der Waals surface area contributed by atoms with Crippen molar-refractivity contribution in [2.45, 2.75) is 6.61 Å². The van der Waals surface area contributed by atoms with E-state index in [9.17, 15) is 15.2 Å². The van der Waals surface area contributed by atoms with Crippen LogP contribution in [0.4, 0.5) is 5.69 Å². The highest BCUT2D eigenvalue weighted by Crippen LogP contribution is 2.26. The Morgan fingerprint density at radius 3 is 2.74 bits per heavy atom. The van der Waals surface area contributed by atoms with Crippen LogP contribution >= 0.6 is 0 Å². The maximum absolute atomic E-state index is 10.9. The molecule has 3 rings (SSSR count). The average molecular weight is 310 g/mol. The summed E-state index contributed by atoms with van der Waals surface area (Å²) in [7, 11) is 1.75. The number of non-ortho nitro benzene ring substituents is 1. The molecular weight excluding hydrogens is 296 g/mol. The van der Waals surface area contributed by atoms with Crippen LogP contribution in [0.1, 0.15) is 5.56 Å². The van der Waals surface area contributed by atoms with E-state index in [2.05, 4.69) is 10.1 Å². The third kappa shape index (κ3) is 2.82. The first-order chi connectivity index (χ1) is 11.1. The maximum atomic E-state index is 10.9. The summed E-state index contributed by atoms with van der Waals surface area (Å²) in [4.78, 5) is 14.9. The molecule has 0 atom stereocenters. The highest BCUT2D eigenvalue weighted by Gasteiger charge is 2.15. The topological polar surface area (TPSA) is 94.1 Å². The van der Waals surface area contributed by atoms with Crippen molar-refractivity contribution in [3.8, 4) is 22.8 Å². The van der Waals surface area contributed by atoms with E-state index in [4.69, 9.17) is 0 Å². The molecule has 1 N–H and O–H groups in total. The van der Waals surface area contributed by atoms with Crippen LogP contribution in [-0.2, 0) is 13.7 Å². The quantitative estimate of drug-likeness (QED) is 0.590. The zero-order valence-electron chi connectivity index (χ0n) is 12.4. The number of hydrogen-bond acceptors (Lipinski definition) is 5. The van der Waals surface area contributed by atoms with Crippen LogP contribution in [0.2, 0.25) is 0 Å². The van der Waals surface area contributed by atoms with Crippen molar-refractivity contribution in [2.24, 2.45) is 7.05 Å². The summed E-state index contributed by atoms with van der Waals surface area (Å²) >= 11 is 0. The van der Waals surface area contributed by atoms with E-state index in [0.29, 0.717) is 17.2 Å². The summed E-state index contributed by atoms with van der Waals surface area (Å²) in [5.74, 6) is 0.995. The molecule has 0 saturated carbocycles. The highest BCUT2D eigenvalue weighted by molar-refractivity contribution is 5.65. The molecule has 7 nitrogen and oxygen atoms in total. The summed E-state index contributed by atoms with van der Waals surface area (Å²) in [6.45, 7) is -0.102. The second-order valence-electron chi connectivity index (χ2n) is 5.01. The van der Waals surface area contributed by atoms with Gasteiger partial charge in [0, 0.05) is 30.3 Å². The van der Waals surface area contributed by atoms with Crippen LogP contribution in [0.25, 0.3) is 22.8 Å². The van der Waals surface area contributed by atoms with Gasteiger partial charge in [-0.1, -0.05) is 36.4 Å². The summed E-state index contributed by atoms with van der Waals surface area (Å²) in [5.41, 5.74) is 2.09. The van der Waals surface area contributed by atoms with Gasteiger partial charge in [0.15, 0.2) is 11.6 Å². The minimum absolute atomic E-state index is 0.00717. The van der Waals surface area contributed by atoms with Crippen LogP contribution in [-0.4, -0.2) is 24.8 Å². The monoisotopic (exact) mass is 310 g/mol. The van der Waals surface area contributed by atoms with Gasteiger partial charge in [-0.2, -0.15) is 5.10 Å². The first kappa shape index (κ1) is 14.9. The number of aryl methyl sites for hydroxylation is 1. The zero-order valence-corrected chi connectivity index (χ0v) is 12.4. The van der Waals surface area contributed by atoms with E-state index in [1.807, 2.05) is 24.3 Å². The predicted molar refractivity (Wildman–Crippen MR) is 84.5 cm³/mol. The van der Waals surface area contributed by atoms with E-state index >= 15 is 0 Å². The molecule has 0 bridgehead atoms. The molecular formula is C16H14N4O3. The maximum Gasteiger partial charge on any atom is 0.270 e. The third-order valence-electron chi connectivity index (χ3n) is 3.51. The van der Waals surface area contributed by atoms with Crippen LogP contribution < -0.4 is 0 Å². The second-order valence-corrected chi connectivity index (χ2v) is 5.01. The Morgan fingerprint density at radius 1 is 1.22 bits per heavy atom. The van der Waals surface area contributed by atoms with Gasteiger partial charge in [0.05, 0.1) is 11.5 Å². The number of nitro groups is 1. The predicted octanol–water partition coefficient (Wildman–Crippen LogP) is 2.55. The summed E-state index contributed by atoms with van der Waals surface area (Å²) in [6.07, 6.45) is 0. The molecule has 0 radical (unpaired) electrons. The van der Waals surface area contributed by atoms with E-state index in [-0.39, 0.29) is 12.3 Å². The molecule has 0 amide bonds. The van der Waals surface area contributed by atoms with Crippen LogP contribution in [0.3, 0.4) is 0 Å². The number of aromatic nitrogens is 3. The smallest absolute Gasteiger partial charge is 0.270 e. The fourth-order valence-electron chi connectivity index (χ4n) is 2.38. The van der Waals surface area contributed by atoms with E-state index in [0.717, 1.165) is 11.1 Å². The Labute approximate surface area is 132 Å². The number of aliphatic hydroxyl groups is 1. The lowest BCUT2D eigenvalue weighted by Crippen LogP contribution is -1.97. The number of nitro benzene ring substituents is 1. The van der Waals surface area contributed by atoms with Crippen molar-refractivity contribution in [3.63, 3.8) is 0 Å². The summed E-state index contributed by atoms with van der Waals surface area (Å²) in [6, 6.07) is 13.6. The van der Waals surface area contributed by atoms with Gasteiger partial charge < -0.3 is 5.11 Å². The highest BCUT2D eigenvalue weighted by atomic mass is 16.6. The molecule has 1 aromatic heterocycles. The molecule has 23 heavy (non-hydrogen) atoms. The van der Waals surface area contributed by atoms with E-state index in [1.54, 1.807) is 23.9 Å². The Bertz CT molecular complexity index is 873. The zero-order chi connectivity index (χ0) is 16.4. The van der Waals surface area contributed by atoms with Gasteiger partial charge in [0.25, 0.3) is 5.69 Å². The van der Waals surface area contributed by atoms with Crippen molar-refractivity contribution in [3.05, 3.63) is 64.2 Å². The molecule has 0 aliphatic carbocycles. The molecule has 0 unspecified atom stereocenters. The number of rotatable bonds is 4. The molecule has 2 aromatic carbocycles. The molecule has 0 saturated heterocycles. The number of hydrogen-bond donors (Lipinski definition) is 1. The van der Waals surface area contributed by atoms with Gasteiger partial charge in [-0.15, -0.1) is 0 Å². The summed E-state index contributed by atoms with van der Waals surface area (Å²) in [5, 5.41) is 24.7. The van der Waals surface area contributed by atoms with Gasteiger partial charge in [0.2, 0.25) is 0 Å². The van der Waals surface area contributed by atoms with Gasteiger partial charge in [-0.05, 0) is 5.56 Å². The van der Waals surface area contributed by atoms with Gasteiger partial charge in [0.1, 0.15) is 0 Å². The number of nitrogens with zero attached hydrogens (tertiary/aromatic N) is 4. The molecule has 0 spiro atoms. The third-order valence-corrected chi connectivity index (χ3v) is 3.51. The van der Waals surface area contributed by atoms with Gasteiger partial charge in [-0.25, -0.2) is 9.67 Å². The fourth-order valence-corrected chi connectivity index (χ4v) is 2.38. The van der Waals surface area contributed by atoms with E-state index < -0.39 is 4.92 Å². The lowest BCUT2D eigenvalue weighted by molar-refractivity contribution is -0.384. The second kappa shape index (κ2) is 5.98. The van der Waals surface area contributed by atoms with Crippen molar-refractivity contribution in [1.82, 2.24) is 14.8 Å². The van der Waals surface area contributed by atoms with Crippen LogP contribution in [0, 0.1) is 10.1 Å². The standard InChI is InChI=1S/C16H14N4O3/c1-19-16(14-8-3-2-5-12(14)10-21)17-15(18-19)11-6-4-7-13(9-11)20(22)23/h2-9,21H,10H2,1H3. The Kier molecular flexibility index (Phi) is 3.86. The average Bonchev–Trinajstić information content (AvgIpc) is 2.96. The minimum Gasteiger partial charge on any atom is -0.392 e. The van der Waals surface area contributed by atoms with Crippen molar-refractivity contribution in [1.29, 1.82) is 0 Å². The lowest BCUT2D eigenvalue weighted by Gasteiger charge is -2.05. The first-order valence-electron chi connectivity index (χ1n) is 6.95. The minimum atomic E-state index is -0.450. The molecule has 7 heteroatoms. The Balaban J connectivity index is 2.08. The molecule has 0 aliphatic heterocycles. The molecule has 3 aromatic rings. The Morgan fingerprint density at radius 2 is 2.00 bits per heavy atom. The molecule has 0 fully saturated rings. The first-order valence-corrected chi connectivity index (χ1v) is 6.95. The van der Waals surface area contributed by atoms with Crippen molar-refractivity contribution in [2.75, 3.05) is 0 Å². The van der Waals surface area contributed by atoms with E-state index in [1.165, 1.54) is 12.1 Å². The SMILES string of the molecule is Cn1nc(-c2cccc([N+](=O)[O-])c2)nc1-c1ccccc1CO. The van der Waals surface area contributed by atoms with Crippen molar-refractivity contribution >= 4 is 5.69 Å². The molecule has 0 aliphatic rings. The van der Waals surface area contributed by atoms with Crippen molar-refractivity contribution < 1.29 is 10.0 Å². The fraction of sp³-hybridized carbons (Fsp3) is 0.125. The Hall–Kier alpha value is -3.06. The molecule has 1 heterocycles. The van der Waals surface area contributed by atoms with Crippen LogP contribution in [0.5, 0.6) is 0 Å².